The molecule has 2 N–H and O–H groups in total. The molecule has 0 atom stereocenters. The lowest BCUT2D eigenvalue weighted by Crippen LogP contribution is -2.29. The van der Waals surface area contributed by atoms with Crippen LogP contribution in [0, 0.1) is 0 Å². The van der Waals surface area contributed by atoms with Crippen LogP contribution in [0.25, 0.3) is 0 Å². The summed E-state index contributed by atoms with van der Waals surface area (Å²) in [6.45, 7) is 0.319. The average molecular weight is 323 g/mol. The summed E-state index contributed by atoms with van der Waals surface area (Å²) in [7, 11) is 0. The van der Waals surface area contributed by atoms with Gasteiger partial charge >= 0.3 is 0 Å². The zero-order chi connectivity index (χ0) is 16.9. The van der Waals surface area contributed by atoms with Gasteiger partial charge < -0.3 is 10.5 Å². The lowest BCUT2D eigenvalue weighted by Gasteiger charge is -2.13. The van der Waals surface area contributed by atoms with E-state index < -0.39 is 5.91 Å². The molecule has 1 heterocycles. The van der Waals surface area contributed by atoms with Gasteiger partial charge in [0.05, 0.1) is 17.8 Å². The molecule has 2 aromatic rings. The number of amides is 2. The zero-order valence-electron chi connectivity index (χ0n) is 13.0. The van der Waals surface area contributed by atoms with Crippen molar-refractivity contribution >= 4 is 17.5 Å². The van der Waals surface area contributed by atoms with Crippen molar-refractivity contribution < 1.29 is 14.3 Å². The smallest absolute Gasteiger partial charge is 0.280 e. The van der Waals surface area contributed by atoms with Gasteiger partial charge in [-0.3, -0.25) is 9.59 Å². The summed E-state index contributed by atoms with van der Waals surface area (Å²) >= 11 is 0. The van der Waals surface area contributed by atoms with E-state index in [0.717, 1.165) is 11.3 Å². The third-order valence-corrected chi connectivity index (χ3v) is 3.70. The fraction of sp³-hybridized carbons (Fsp3) is 0.167. The molecule has 1 aliphatic rings. The van der Waals surface area contributed by atoms with Crippen LogP contribution in [0.15, 0.2) is 59.7 Å². The van der Waals surface area contributed by atoms with E-state index in [9.17, 15) is 9.59 Å². The second-order valence-corrected chi connectivity index (χ2v) is 5.33. The van der Waals surface area contributed by atoms with Crippen molar-refractivity contribution in [3.63, 3.8) is 0 Å². The molecule has 122 valence electrons. The third kappa shape index (κ3) is 3.43. The molecule has 0 aliphatic carbocycles. The molecule has 3 rings (SSSR count). The van der Waals surface area contributed by atoms with Crippen LogP contribution in [0.5, 0.6) is 5.75 Å². The Bertz CT molecular complexity index is 787. The molecule has 6 nitrogen and oxygen atoms in total. The second kappa shape index (κ2) is 6.95. The topological polar surface area (TPSA) is 85.0 Å². The SMILES string of the molecule is NC(=O)c1ccccc1OCC(=O)N1CCC(c2ccccc2)=N1. The minimum Gasteiger partial charge on any atom is -0.483 e. The standard InChI is InChI=1S/C18H17N3O3/c19-18(23)14-8-4-5-9-16(14)24-12-17(22)21-11-10-15(20-21)13-6-2-1-3-7-13/h1-9H,10-12H2,(H2,19,23). The normalized spacial score (nSPS) is 13.5. The first-order valence-electron chi connectivity index (χ1n) is 7.60. The molecule has 0 saturated heterocycles. The lowest BCUT2D eigenvalue weighted by molar-refractivity contribution is -0.132. The van der Waals surface area contributed by atoms with E-state index in [-0.39, 0.29) is 18.1 Å². The number of hydrazone groups is 1. The van der Waals surface area contributed by atoms with E-state index in [2.05, 4.69) is 5.10 Å². The second-order valence-electron chi connectivity index (χ2n) is 5.33. The Balaban J connectivity index is 1.65. The molecule has 1 aliphatic heterocycles. The number of carbonyl (C=O) groups excluding carboxylic acids is 2. The molecule has 0 fully saturated rings. The fourth-order valence-electron chi connectivity index (χ4n) is 2.48. The highest BCUT2D eigenvalue weighted by Crippen LogP contribution is 2.18. The number of rotatable bonds is 5. The molecule has 2 amide bonds. The van der Waals surface area contributed by atoms with Crippen molar-refractivity contribution in [1.29, 1.82) is 0 Å². The maximum absolute atomic E-state index is 12.3. The van der Waals surface area contributed by atoms with Gasteiger partial charge in [0, 0.05) is 6.42 Å². The monoisotopic (exact) mass is 323 g/mol. The van der Waals surface area contributed by atoms with Gasteiger partial charge in [0.2, 0.25) is 0 Å². The third-order valence-electron chi connectivity index (χ3n) is 3.70. The Morgan fingerprint density at radius 2 is 1.79 bits per heavy atom. The molecule has 6 heteroatoms. The average Bonchev–Trinajstić information content (AvgIpc) is 3.11. The minimum atomic E-state index is -0.594. The van der Waals surface area contributed by atoms with Crippen LogP contribution in [0.1, 0.15) is 22.3 Å². The molecule has 0 unspecified atom stereocenters. The van der Waals surface area contributed by atoms with Crippen LogP contribution in [-0.4, -0.2) is 35.7 Å². The summed E-state index contributed by atoms with van der Waals surface area (Å²) in [5.74, 6) is -0.561. The van der Waals surface area contributed by atoms with Gasteiger partial charge in [-0.25, -0.2) is 5.01 Å². The highest BCUT2D eigenvalue weighted by atomic mass is 16.5. The molecular formula is C18H17N3O3. The van der Waals surface area contributed by atoms with Crippen molar-refractivity contribution in [3.8, 4) is 5.75 Å². The number of nitrogens with zero attached hydrogens (tertiary/aromatic N) is 2. The molecule has 2 aromatic carbocycles. The number of primary amides is 1. The summed E-state index contributed by atoms with van der Waals surface area (Å²) < 4.78 is 5.45. The summed E-state index contributed by atoms with van der Waals surface area (Å²) in [5, 5.41) is 5.75. The van der Waals surface area contributed by atoms with Crippen LogP contribution in [0.3, 0.4) is 0 Å². The lowest BCUT2D eigenvalue weighted by atomic mass is 10.1. The molecule has 0 bridgehead atoms. The summed E-state index contributed by atoms with van der Waals surface area (Å²) in [5.41, 5.74) is 7.42. The van der Waals surface area contributed by atoms with Crippen LogP contribution in [0.4, 0.5) is 0 Å². The Hall–Kier alpha value is -3.15. The highest BCUT2D eigenvalue weighted by molar-refractivity contribution is 6.02. The predicted molar refractivity (Wildman–Crippen MR) is 89.8 cm³/mol. The zero-order valence-corrected chi connectivity index (χ0v) is 13.0. The first-order chi connectivity index (χ1) is 11.6. The van der Waals surface area contributed by atoms with E-state index in [4.69, 9.17) is 10.5 Å². The van der Waals surface area contributed by atoms with E-state index in [1.165, 1.54) is 5.01 Å². The number of ether oxygens (including phenoxy) is 1. The Kier molecular flexibility index (Phi) is 4.56. The van der Waals surface area contributed by atoms with Crippen LogP contribution >= 0.6 is 0 Å². The van der Waals surface area contributed by atoms with Gasteiger partial charge in [-0.2, -0.15) is 5.10 Å². The van der Waals surface area contributed by atoms with Gasteiger partial charge in [-0.15, -0.1) is 0 Å². The number of nitrogens with two attached hydrogens (primary N) is 1. The Labute approximate surface area is 139 Å². The highest BCUT2D eigenvalue weighted by Gasteiger charge is 2.22. The van der Waals surface area contributed by atoms with E-state index >= 15 is 0 Å². The summed E-state index contributed by atoms with van der Waals surface area (Å²) in [6, 6.07) is 16.3. The maximum atomic E-state index is 12.3. The van der Waals surface area contributed by atoms with Crippen molar-refractivity contribution in [2.75, 3.05) is 13.2 Å². The van der Waals surface area contributed by atoms with E-state index in [0.29, 0.717) is 18.7 Å². The number of para-hydroxylation sites is 1. The van der Waals surface area contributed by atoms with Crippen molar-refractivity contribution in [2.45, 2.75) is 6.42 Å². The quantitative estimate of drug-likeness (QED) is 0.910. The summed E-state index contributed by atoms with van der Waals surface area (Å²) in [6.07, 6.45) is 0.702. The van der Waals surface area contributed by atoms with Gasteiger partial charge in [0.25, 0.3) is 11.8 Å². The largest absolute Gasteiger partial charge is 0.483 e. The fourth-order valence-corrected chi connectivity index (χ4v) is 2.48. The molecular weight excluding hydrogens is 306 g/mol. The van der Waals surface area contributed by atoms with Crippen LogP contribution in [0.2, 0.25) is 0 Å². The van der Waals surface area contributed by atoms with Gasteiger partial charge in [0.1, 0.15) is 5.75 Å². The number of hydrogen-bond donors (Lipinski definition) is 1. The van der Waals surface area contributed by atoms with Gasteiger partial charge in [-0.05, 0) is 17.7 Å². The molecule has 24 heavy (non-hydrogen) atoms. The number of carbonyl (C=O) groups is 2. The van der Waals surface area contributed by atoms with Crippen molar-refractivity contribution in [1.82, 2.24) is 5.01 Å². The van der Waals surface area contributed by atoms with Crippen LogP contribution < -0.4 is 10.5 Å². The summed E-state index contributed by atoms with van der Waals surface area (Å²) in [4.78, 5) is 23.6. The van der Waals surface area contributed by atoms with E-state index in [1.54, 1.807) is 24.3 Å². The van der Waals surface area contributed by atoms with Crippen molar-refractivity contribution in [3.05, 3.63) is 65.7 Å². The van der Waals surface area contributed by atoms with Gasteiger partial charge in [-0.1, -0.05) is 42.5 Å². The maximum Gasteiger partial charge on any atom is 0.280 e. The molecule has 0 aromatic heterocycles. The molecule has 0 radical (unpaired) electrons. The first-order valence-corrected chi connectivity index (χ1v) is 7.60. The minimum absolute atomic E-state index is 0.199. The number of hydrogen-bond acceptors (Lipinski definition) is 4. The number of benzene rings is 2. The molecule has 0 spiro atoms. The van der Waals surface area contributed by atoms with Crippen LogP contribution in [-0.2, 0) is 4.79 Å². The van der Waals surface area contributed by atoms with Gasteiger partial charge in [0.15, 0.2) is 6.61 Å². The van der Waals surface area contributed by atoms with E-state index in [1.807, 2.05) is 30.3 Å². The molecule has 0 saturated carbocycles. The Morgan fingerprint density at radius 3 is 2.54 bits per heavy atom. The predicted octanol–water partition coefficient (Wildman–Crippen LogP) is 1.80. The van der Waals surface area contributed by atoms with Crippen molar-refractivity contribution in [2.24, 2.45) is 10.8 Å². The first kappa shape index (κ1) is 15.7. The Morgan fingerprint density at radius 1 is 1.08 bits per heavy atom.